The van der Waals surface area contributed by atoms with Crippen LogP contribution < -0.4 is 9.47 Å². The van der Waals surface area contributed by atoms with Crippen molar-refractivity contribution < 1.29 is 78.7 Å². The molecule has 37 heteroatoms. The predicted octanol–water partition coefficient (Wildman–Crippen LogP) is 12.0. The molecule has 0 aliphatic carbocycles. The Balaban J connectivity index is 0.00000162. The van der Waals surface area contributed by atoms with E-state index in [9.17, 15) is 49.3 Å². The number of benzene rings is 5. The zero-order valence-electron chi connectivity index (χ0n) is 46.0. The number of aromatic nitrogens is 2. The third-order valence-corrected chi connectivity index (χ3v) is 16.4. The van der Waals surface area contributed by atoms with E-state index < -0.39 is 68.8 Å². The number of hydrogen-bond donors (Lipinski definition) is 4. The number of azo groups is 4. The van der Waals surface area contributed by atoms with Gasteiger partial charge < -0.3 is 14.6 Å². The number of nitriles is 1. The second kappa shape index (κ2) is 31.8. The second-order valence-electron chi connectivity index (χ2n) is 17.9. The molecule has 0 unspecified atom stereocenters. The van der Waals surface area contributed by atoms with Gasteiger partial charge in [0.25, 0.3) is 30.4 Å². The van der Waals surface area contributed by atoms with Crippen LogP contribution >= 0.6 is 35.1 Å². The number of imidazole rings is 1. The van der Waals surface area contributed by atoms with Crippen molar-refractivity contribution in [3.63, 3.8) is 0 Å². The summed E-state index contributed by atoms with van der Waals surface area (Å²) in [7, 11) is -17.5. The average Bonchev–Trinajstić information content (AvgIpc) is 1.63. The molecule has 0 radical (unpaired) electrons. The summed E-state index contributed by atoms with van der Waals surface area (Å²) in [6.07, 6.45) is 0.102. The minimum atomic E-state index is -4.32. The fourth-order valence-corrected chi connectivity index (χ4v) is 11.5. The maximum absolute atomic E-state index is 11.6. The lowest BCUT2D eigenvalue weighted by molar-refractivity contribution is 0.317. The van der Waals surface area contributed by atoms with Crippen LogP contribution in [0.25, 0.3) is 16.7 Å². The molecule has 0 spiro atoms. The lowest BCUT2D eigenvalue weighted by atomic mass is 10.1. The van der Waals surface area contributed by atoms with E-state index >= 15 is 0 Å². The zero-order valence-corrected chi connectivity index (χ0v) is 52.5. The first kappa shape index (κ1) is 70.1. The molecule has 462 valence electrons. The number of aromatic hydroxyl groups is 1. The standard InChI is InChI=1S/C50H50ClN11O12S5.2O3S/c1-29-20-41(58-61-48-32(4)36(28-52)49-53-40-24-35(73-5)12-13-44(40)62(49)50(48)63)45(74-14-7-17-77(64,65)66)25-37(29)56-59-42-22-31(3)39(27-47(42)76-16-9-19-79(70,71)72)57-60-43-21-30(2)38(55-54-34-11-6-10-33(51)23-34)26-46(43)75-15-8-18-78(67,68)69;2*1-4(2)3/h6,10-13,20-27,63H,7-9,14-19H2,1-5H3,(H,64,65,66)(H,67,68,69)(H,70,71,72);;. The van der Waals surface area contributed by atoms with E-state index in [1.165, 1.54) is 41.1 Å². The molecule has 4 N–H and O–H groups in total. The van der Waals surface area contributed by atoms with Gasteiger partial charge in [-0.05, 0) is 136 Å². The molecule has 0 amide bonds. The smallest absolute Gasteiger partial charge is 0.425 e. The molecule has 0 atom stereocenters. The van der Waals surface area contributed by atoms with Crippen molar-refractivity contribution in [1.29, 1.82) is 5.26 Å². The molecule has 7 aromatic rings. The molecule has 0 bridgehead atoms. The number of rotatable bonds is 24. The monoisotopic (exact) mass is 1350 g/mol. The number of nitrogens with zero attached hydrogens (tertiary/aromatic N) is 11. The summed E-state index contributed by atoms with van der Waals surface area (Å²) in [6.45, 7) is 6.67. The van der Waals surface area contributed by atoms with E-state index in [1.54, 1.807) is 93.6 Å². The molecule has 87 heavy (non-hydrogen) atoms. The van der Waals surface area contributed by atoms with Crippen molar-refractivity contribution >= 4 is 149 Å². The Morgan fingerprint density at radius 2 is 1.09 bits per heavy atom. The van der Waals surface area contributed by atoms with Crippen LogP contribution in [0.5, 0.6) is 17.4 Å². The van der Waals surface area contributed by atoms with Gasteiger partial charge in [0, 0.05) is 32.5 Å². The van der Waals surface area contributed by atoms with E-state index in [1.807, 2.05) is 6.92 Å². The molecule has 2 aromatic heterocycles. The van der Waals surface area contributed by atoms with E-state index in [0.29, 0.717) is 82.5 Å². The number of hydrogen-bond acceptors (Lipinski definition) is 27. The maximum atomic E-state index is 11.6. The fourth-order valence-electron chi connectivity index (χ4n) is 7.51. The largest absolute Gasteiger partial charge is 0.497 e. The van der Waals surface area contributed by atoms with Crippen LogP contribution in [0.4, 0.5) is 45.5 Å². The van der Waals surface area contributed by atoms with Gasteiger partial charge >= 0.3 is 21.2 Å². The van der Waals surface area contributed by atoms with Crippen LogP contribution in [-0.2, 0) is 51.6 Å². The Morgan fingerprint density at radius 3 is 1.59 bits per heavy atom. The van der Waals surface area contributed by atoms with Crippen molar-refractivity contribution in [3.05, 3.63) is 112 Å². The third kappa shape index (κ3) is 22.2. The number of ether oxygens (including phenoxy) is 2. The first-order valence-corrected chi connectivity index (χ1v) is 33.8. The highest BCUT2D eigenvalue weighted by Crippen LogP contribution is 2.44. The number of pyridine rings is 1. The maximum Gasteiger partial charge on any atom is 0.425 e. The van der Waals surface area contributed by atoms with Crippen molar-refractivity contribution in [3.8, 4) is 23.4 Å². The Hall–Kier alpha value is -7.70. The SMILES string of the molecule is COc1ccc2c(c1)nc1c(C#N)c(C)c(N=Nc3cc(C)c(N=Nc4cc(C)c(N=Nc5cc(C)c(N=Nc6cccc(Cl)c6)cc5SCCCS(=O)(=O)O)cc4SCCCS(=O)(=O)O)cc3OCCCS(=O)(=O)O)c(O)n12.O=S(=O)=O.O=S(=O)=O. The van der Waals surface area contributed by atoms with Gasteiger partial charge in [-0.15, -0.1) is 69.2 Å². The molecule has 29 nitrogen and oxygen atoms in total. The third-order valence-electron chi connectivity index (χ3n) is 11.5. The Kier molecular flexibility index (Phi) is 25.6. The Labute approximate surface area is 514 Å². The number of halogens is 1. The van der Waals surface area contributed by atoms with Crippen LogP contribution in [0.15, 0.2) is 130 Å². The average molecular weight is 1350 g/mol. The lowest BCUT2D eigenvalue weighted by Crippen LogP contribution is -2.08. The molecular weight excluding hydrogens is 1300 g/mol. The summed E-state index contributed by atoms with van der Waals surface area (Å²) in [5.41, 5.74) is 5.83. The summed E-state index contributed by atoms with van der Waals surface area (Å²) in [6, 6.07) is 24.0. The van der Waals surface area contributed by atoms with Crippen molar-refractivity contribution in [2.24, 2.45) is 40.9 Å². The Bertz CT molecular complexity index is 4470. The predicted molar refractivity (Wildman–Crippen MR) is 321 cm³/mol. The van der Waals surface area contributed by atoms with Crippen LogP contribution in [0.3, 0.4) is 0 Å². The van der Waals surface area contributed by atoms with Gasteiger partial charge in [-0.2, -0.15) is 51.0 Å². The van der Waals surface area contributed by atoms with Gasteiger partial charge in [0.15, 0.2) is 11.3 Å². The highest BCUT2D eigenvalue weighted by molar-refractivity contribution is 7.99. The minimum Gasteiger partial charge on any atom is -0.497 e. The van der Waals surface area contributed by atoms with Crippen LogP contribution in [0.1, 0.15) is 47.1 Å². The fraction of sp³-hybridized carbons (Fsp3) is 0.280. The van der Waals surface area contributed by atoms with Gasteiger partial charge in [-0.25, -0.2) is 4.98 Å². The minimum absolute atomic E-state index is 0.0489. The number of aryl methyl sites for hydroxylation is 3. The summed E-state index contributed by atoms with van der Waals surface area (Å²) < 4.78 is 161. The molecule has 2 heterocycles. The van der Waals surface area contributed by atoms with Gasteiger partial charge in [0.05, 0.1) is 76.1 Å². The summed E-state index contributed by atoms with van der Waals surface area (Å²) in [5.74, 6) is -0.798. The summed E-state index contributed by atoms with van der Waals surface area (Å²) in [4.78, 5) is 5.66. The van der Waals surface area contributed by atoms with Crippen molar-refractivity contribution in [1.82, 2.24) is 9.38 Å². The summed E-state index contributed by atoms with van der Waals surface area (Å²) in [5, 5.41) is 58.2. The van der Waals surface area contributed by atoms with Gasteiger partial charge in [-0.3, -0.25) is 18.1 Å². The highest BCUT2D eigenvalue weighted by Gasteiger charge is 2.22. The Morgan fingerprint density at radius 1 is 0.621 bits per heavy atom. The van der Waals surface area contributed by atoms with Crippen LogP contribution in [0.2, 0.25) is 5.02 Å². The first-order valence-electron chi connectivity index (χ1n) is 24.6. The lowest BCUT2D eigenvalue weighted by Gasteiger charge is -2.12. The van der Waals surface area contributed by atoms with Gasteiger partial charge in [-0.1, -0.05) is 17.7 Å². The highest BCUT2D eigenvalue weighted by atomic mass is 35.5. The van der Waals surface area contributed by atoms with Crippen molar-refractivity contribution in [2.45, 2.75) is 56.7 Å². The van der Waals surface area contributed by atoms with E-state index in [4.69, 9.17) is 46.3 Å². The molecule has 0 fully saturated rings. The molecule has 7 rings (SSSR count). The zero-order chi connectivity index (χ0) is 64.4. The molecular formula is C50H50ClN11O18S7. The number of fused-ring (bicyclic) bond motifs is 3. The number of thioether (sulfide) groups is 2. The molecule has 0 aliphatic rings. The number of methoxy groups -OCH3 is 1. The van der Waals surface area contributed by atoms with Gasteiger partial charge in [0.2, 0.25) is 5.88 Å². The molecule has 0 saturated carbocycles. The van der Waals surface area contributed by atoms with E-state index in [-0.39, 0.29) is 77.1 Å². The molecule has 0 aliphatic heterocycles. The van der Waals surface area contributed by atoms with E-state index in [2.05, 4.69) is 52.0 Å². The first-order chi connectivity index (χ1) is 40.9. The van der Waals surface area contributed by atoms with Gasteiger partial charge in [0.1, 0.15) is 28.8 Å². The second-order valence-corrected chi connectivity index (χ2v) is 26.1. The molecule has 0 saturated heterocycles. The van der Waals surface area contributed by atoms with E-state index in [0.717, 1.165) is 0 Å². The van der Waals surface area contributed by atoms with Crippen molar-refractivity contribution in [2.75, 3.05) is 42.5 Å². The molecule has 5 aromatic carbocycles. The normalized spacial score (nSPS) is 12.0. The summed E-state index contributed by atoms with van der Waals surface area (Å²) >= 11 is 8.64. The topological polar surface area (TPSA) is 444 Å². The quantitative estimate of drug-likeness (QED) is 0.0189. The van der Waals surface area contributed by atoms with Crippen LogP contribution in [-0.4, -0.2) is 121 Å². The van der Waals surface area contributed by atoms with Crippen LogP contribution in [0, 0.1) is 39.0 Å².